The first-order valence-corrected chi connectivity index (χ1v) is 15.0. The SMILES string of the molecule is CC1CCN(c2cc(N3Cc4ccccc4C3)nc(NC(=S)NCC3(c4cccc(Cl)c4)CCCC3)n2)CC1. The van der Waals surface area contributed by atoms with Crippen LogP contribution in [0.2, 0.25) is 5.02 Å². The number of nitrogens with zero attached hydrogens (tertiary/aromatic N) is 4. The lowest BCUT2D eigenvalue weighted by Gasteiger charge is -2.32. The van der Waals surface area contributed by atoms with E-state index in [4.69, 9.17) is 33.8 Å². The Kier molecular flexibility index (Phi) is 7.63. The fraction of sp³-hybridized carbons (Fsp3) is 0.452. The van der Waals surface area contributed by atoms with Crippen LogP contribution in [-0.4, -0.2) is 34.7 Å². The number of fused-ring (bicyclic) bond motifs is 1. The molecule has 6 nitrogen and oxygen atoms in total. The Morgan fingerprint density at radius 1 is 0.949 bits per heavy atom. The summed E-state index contributed by atoms with van der Waals surface area (Å²) in [6.07, 6.45) is 7.06. The van der Waals surface area contributed by atoms with Crippen molar-refractivity contribution in [1.29, 1.82) is 0 Å². The molecule has 2 aliphatic heterocycles. The molecule has 2 fully saturated rings. The number of aromatic nitrogens is 2. The van der Waals surface area contributed by atoms with E-state index in [0.717, 1.165) is 68.1 Å². The van der Waals surface area contributed by atoms with Crippen LogP contribution in [0.25, 0.3) is 0 Å². The monoisotopic (exact) mass is 560 g/mol. The first-order chi connectivity index (χ1) is 19.0. The standard InChI is InChI=1S/C31H37ClN6S/c1-22-11-15-37(16-12-22)27-18-28(38-19-23-7-2-3-8-24(23)20-38)35-29(34-27)36-30(39)33-21-31(13-4-5-14-31)25-9-6-10-26(32)17-25/h2-3,6-10,17-18,22H,4-5,11-16,19-21H2,1H3,(H2,33,34,35,36,39). The van der Waals surface area contributed by atoms with Gasteiger partial charge < -0.3 is 20.4 Å². The molecule has 3 aromatic rings. The van der Waals surface area contributed by atoms with Crippen LogP contribution in [0.4, 0.5) is 17.6 Å². The van der Waals surface area contributed by atoms with Gasteiger partial charge in [0.25, 0.3) is 0 Å². The zero-order valence-electron chi connectivity index (χ0n) is 22.6. The van der Waals surface area contributed by atoms with Gasteiger partial charge in [-0.1, -0.05) is 67.8 Å². The molecule has 1 aromatic heterocycles. The lowest BCUT2D eigenvalue weighted by Crippen LogP contribution is -2.41. The van der Waals surface area contributed by atoms with Crippen LogP contribution in [0.1, 0.15) is 62.1 Å². The molecule has 39 heavy (non-hydrogen) atoms. The third-order valence-electron chi connectivity index (χ3n) is 8.78. The predicted octanol–water partition coefficient (Wildman–Crippen LogP) is 6.68. The van der Waals surface area contributed by atoms with Crippen LogP contribution in [-0.2, 0) is 18.5 Å². The number of rotatable bonds is 6. The lowest BCUT2D eigenvalue weighted by atomic mass is 9.79. The smallest absolute Gasteiger partial charge is 0.232 e. The molecule has 0 spiro atoms. The highest BCUT2D eigenvalue weighted by Gasteiger charge is 2.36. The highest BCUT2D eigenvalue weighted by atomic mass is 35.5. The number of piperidine rings is 1. The Morgan fingerprint density at radius 3 is 2.28 bits per heavy atom. The van der Waals surface area contributed by atoms with Crippen LogP contribution in [0, 0.1) is 5.92 Å². The number of hydrogen-bond acceptors (Lipinski definition) is 5. The summed E-state index contributed by atoms with van der Waals surface area (Å²) in [7, 11) is 0. The molecular weight excluding hydrogens is 524 g/mol. The van der Waals surface area contributed by atoms with Crippen molar-refractivity contribution in [2.24, 2.45) is 5.92 Å². The maximum Gasteiger partial charge on any atom is 0.232 e. The normalized spacial score (nSPS) is 18.7. The zero-order chi connectivity index (χ0) is 26.8. The molecule has 6 rings (SSSR count). The third-order valence-corrected chi connectivity index (χ3v) is 9.26. The Bertz CT molecular complexity index is 1310. The van der Waals surface area contributed by atoms with Crippen molar-refractivity contribution in [3.05, 3.63) is 76.3 Å². The average Bonchev–Trinajstić information content (AvgIpc) is 3.61. The number of thiocarbonyl (C=S) groups is 1. The minimum atomic E-state index is 0.0380. The zero-order valence-corrected chi connectivity index (χ0v) is 24.2. The van der Waals surface area contributed by atoms with Gasteiger partial charge in [0, 0.05) is 49.2 Å². The van der Waals surface area contributed by atoms with E-state index in [2.05, 4.69) is 69.8 Å². The van der Waals surface area contributed by atoms with E-state index in [1.165, 1.54) is 42.4 Å². The fourth-order valence-corrected chi connectivity index (χ4v) is 6.72. The molecule has 0 unspecified atom stereocenters. The second-order valence-electron chi connectivity index (χ2n) is 11.5. The molecule has 0 amide bonds. The van der Waals surface area contributed by atoms with Crippen molar-refractivity contribution in [3.8, 4) is 0 Å². The lowest BCUT2D eigenvalue weighted by molar-refractivity contribution is 0.435. The summed E-state index contributed by atoms with van der Waals surface area (Å²) in [5.41, 5.74) is 4.05. The van der Waals surface area contributed by atoms with Gasteiger partial charge in [0.2, 0.25) is 5.95 Å². The summed E-state index contributed by atoms with van der Waals surface area (Å²) in [4.78, 5) is 14.6. The topological polar surface area (TPSA) is 56.3 Å². The number of halogens is 1. The van der Waals surface area contributed by atoms with E-state index >= 15 is 0 Å². The minimum absolute atomic E-state index is 0.0380. The van der Waals surface area contributed by atoms with Gasteiger partial charge in [-0.3, -0.25) is 0 Å². The van der Waals surface area contributed by atoms with Gasteiger partial charge in [0.1, 0.15) is 11.6 Å². The van der Waals surface area contributed by atoms with Crippen molar-refractivity contribution in [2.75, 3.05) is 34.8 Å². The molecule has 1 saturated carbocycles. The summed E-state index contributed by atoms with van der Waals surface area (Å²) in [6.45, 7) is 6.84. The average molecular weight is 561 g/mol. The van der Waals surface area contributed by atoms with Gasteiger partial charge in [0.05, 0.1) is 0 Å². The predicted molar refractivity (Wildman–Crippen MR) is 165 cm³/mol. The molecule has 3 aliphatic rings. The second kappa shape index (κ2) is 11.3. The Hall–Kier alpha value is -2.90. The van der Waals surface area contributed by atoms with Gasteiger partial charge in [-0.15, -0.1) is 0 Å². The van der Waals surface area contributed by atoms with E-state index in [-0.39, 0.29) is 5.41 Å². The summed E-state index contributed by atoms with van der Waals surface area (Å²) in [6, 6.07) is 19.1. The molecule has 1 aliphatic carbocycles. The summed E-state index contributed by atoms with van der Waals surface area (Å²) in [5, 5.41) is 8.19. The van der Waals surface area contributed by atoms with Crippen molar-refractivity contribution < 1.29 is 0 Å². The molecular formula is C31H37ClN6S. The molecule has 204 valence electrons. The molecule has 2 aromatic carbocycles. The largest absolute Gasteiger partial charge is 0.361 e. The quantitative estimate of drug-likeness (QED) is 0.326. The summed E-state index contributed by atoms with van der Waals surface area (Å²) >= 11 is 12.1. The van der Waals surface area contributed by atoms with E-state index < -0.39 is 0 Å². The van der Waals surface area contributed by atoms with E-state index in [9.17, 15) is 0 Å². The third kappa shape index (κ3) is 5.85. The van der Waals surface area contributed by atoms with Crippen molar-refractivity contribution >= 4 is 46.5 Å². The molecule has 0 atom stereocenters. The maximum atomic E-state index is 6.36. The molecule has 0 radical (unpaired) electrons. The first kappa shape index (κ1) is 26.3. The number of benzene rings is 2. The molecule has 3 heterocycles. The second-order valence-corrected chi connectivity index (χ2v) is 12.4. The Labute approximate surface area is 242 Å². The fourth-order valence-electron chi connectivity index (χ4n) is 6.37. The Balaban J connectivity index is 1.20. The van der Waals surface area contributed by atoms with Gasteiger partial charge in [-0.05, 0) is 72.6 Å². The van der Waals surface area contributed by atoms with Crippen molar-refractivity contribution in [1.82, 2.24) is 15.3 Å². The molecule has 2 N–H and O–H groups in total. The first-order valence-electron chi connectivity index (χ1n) is 14.2. The molecule has 0 bridgehead atoms. The van der Waals surface area contributed by atoms with E-state index in [1.807, 2.05) is 12.1 Å². The van der Waals surface area contributed by atoms with Crippen molar-refractivity contribution in [2.45, 2.75) is 64.0 Å². The summed E-state index contributed by atoms with van der Waals surface area (Å²) < 4.78 is 0. The van der Waals surface area contributed by atoms with Crippen LogP contribution in [0.3, 0.4) is 0 Å². The highest BCUT2D eigenvalue weighted by molar-refractivity contribution is 7.80. The van der Waals surface area contributed by atoms with Gasteiger partial charge in [0.15, 0.2) is 5.11 Å². The minimum Gasteiger partial charge on any atom is -0.361 e. The summed E-state index contributed by atoms with van der Waals surface area (Å²) in [5.74, 6) is 3.22. The van der Waals surface area contributed by atoms with Gasteiger partial charge in [-0.2, -0.15) is 9.97 Å². The molecule has 1 saturated heterocycles. The van der Waals surface area contributed by atoms with Gasteiger partial charge >= 0.3 is 0 Å². The number of hydrogen-bond donors (Lipinski definition) is 2. The Morgan fingerprint density at radius 2 is 1.62 bits per heavy atom. The molecule has 8 heteroatoms. The highest BCUT2D eigenvalue weighted by Crippen LogP contribution is 2.41. The van der Waals surface area contributed by atoms with E-state index in [1.54, 1.807) is 0 Å². The van der Waals surface area contributed by atoms with Crippen LogP contribution < -0.4 is 20.4 Å². The number of anilines is 3. The van der Waals surface area contributed by atoms with Crippen LogP contribution >= 0.6 is 23.8 Å². The maximum absolute atomic E-state index is 6.36. The van der Waals surface area contributed by atoms with Crippen molar-refractivity contribution in [3.63, 3.8) is 0 Å². The van der Waals surface area contributed by atoms with Crippen LogP contribution in [0.15, 0.2) is 54.6 Å². The van der Waals surface area contributed by atoms with Gasteiger partial charge in [-0.25, -0.2) is 0 Å². The van der Waals surface area contributed by atoms with E-state index in [0.29, 0.717) is 11.1 Å². The number of nitrogens with one attached hydrogen (secondary N) is 2. The van der Waals surface area contributed by atoms with Crippen LogP contribution in [0.5, 0.6) is 0 Å².